The van der Waals surface area contributed by atoms with Crippen molar-refractivity contribution in [3.8, 4) is 0 Å². The Morgan fingerprint density at radius 2 is 1.29 bits per heavy atom. The van der Waals surface area contributed by atoms with Gasteiger partial charge in [-0.15, -0.1) is 0 Å². The first-order chi connectivity index (χ1) is 15.0. The molecule has 0 radical (unpaired) electrons. The average Bonchev–Trinajstić information content (AvgIpc) is 2.78. The third kappa shape index (κ3) is 3.84. The molecule has 8 heteroatoms. The van der Waals surface area contributed by atoms with E-state index in [0.29, 0.717) is 16.9 Å². The Kier molecular flexibility index (Phi) is 5.38. The number of hydrogen-bond acceptors (Lipinski definition) is 5. The lowest BCUT2D eigenvalue weighted by atomic mass is 10.0. The maximum Gasteiger partial charge on any atom is 0.270 e. The molecule has 0 aromatic heterocycles. The molecule has 0 spiro atoms. The maximum absolute atomic E-state index is 13.3. The van der Waals surface area contributed by atoms with Crippen LogP contribution in [-0.4, -0.2) is 21.9 Å². The molecular weight excluding hydrogens is 414 g/mol. The van der Waals surface area contributed by atoms with E-state index in [1.807, 2.05) is 0 Å². The van der Waals surface area contributed by atoms with Gasteiger partial charge in [0.2, 0.25) is 0 Å². The van der Waals surface area contributed by atoms with Gasteiger partial charge in [0.15, 0.2) is 5.11 Å². The van der Waals surface area contributed by atoms with Gasteiger partial charge in [-0.25, -0.2) is 0 Å². The van der Waals surface area contributed by atoms with Gasteiger partial charge >= 0.3 is 0 Å². The van der Waals surface area contributed by atoms with Crippen molar-refractivity contribution in [3.05, 3.63) is 106 Å². The largest absolute Gasteiger partial charge is 0.270 e. The number of anilines is 2. The molecule has 0 N–H and O–H groups in total. The van der Waals surface area contributed by atoms with Crippen LogP contribution in [-0.2, 0) is 9.59 Å². The molecule has 4 rings (SSSR count). The van der Waals surface area contributed by atoms with Crippen LogP contribution in [0, 0.1) is 10.1 Å². The Balaban J connectivity index is 1.86. The van der Waals surface area contributed by atoms with Crippen molar-refractivity contribution in [2.45, 2.75) is 0 Å². The highest BCUT2D eigenvalue weighted by Crippen LogP contribution is 2.30. The number of amides is 2. The number of carbonyl (C=O) groups excluding carboxylic acids is 2. The van der Waals surface area contributed by atoms with Crippen LogP contribution >= 0.6 is 12.2 Å². The van der Waals surface area contributed by atoms with Crippen LogP contribution in [0.15, 0.2) is 90.5 Å². The van der Waals surface area contributed by atoms with Crippen LogP contribution in [0.3, 0.4) is 0 Å². The summed E-state index contributed by atoms with van der Waals surface area (Å²) in [6.45, 7) is 0. The van der Waals surface area contributed by atoms with Crippen LogP contribution < -0.4 is 9.80 Å². The number of rotatable bonds is 4. The number of carbonyl (C=O) groups is 2. The summed E-state index contributed by atoms with van der Waals surface area (Å²) >= 11 is 5.53. The van der Waals surface area contributed by atoms with Crippen LogP contribution in [0.1, 0.15) is 5.56 Å². The zero-order chi connectivity index (χ0) is 22.0. The van der Waals surface area contributed by atoms with Crippen molar-refractivity contribution in [1.82, 2.24) is 0 Å². The summed E-state index contributed by atoms with van der Waals surface area (Å²) in [4.78, 5) is 39.8. The van der Waals surface area contributed by atoms with Gasteiger partial charge in [0.25, 0.3) is 17.5 Å². The van der Waals surface area contributed by atoms with E-state index in [2.05, 4.69) is 0 Å². The van der Waals surface area contributed by atoms with E-state index in [1.165, 1.54) is 34.1 Å². The summed E-state index contributed by atoms with van der Waals surface area (Å²) in [5.41, 5.74) is 1.09. The monoisotopic (exact) mass is 429 g/mol. The molecule has 31 heavy (non-hydrogen) atoms. The minimum Gasteiger partial charge on any atom is -0.268 e. The van der Waals surface area contributed by atoms with Crippen LogP contribution in [0.2, 0.25) is 0 Å². The van der Waals surface area contributed by atoms with Crippen molar-refractivity contribution in [2.75, 3.05) is 9.80 Å². The molecule has 7 nitrogen and oxygen atoms in total. The Morgan fingerprint density at radius 1 is 0.774 bits per heavy atom. The minimum atomic E-state index is -0.597. The fraction of sp³-hybridized carbons (Fsp3) is 0. The molecule has 0 aliphatic carbocycles. The second kappa shape index (κ2) is 8.29. The number of para-hydroxylation sites is 2. The molecule has 1 fully saturated rings. The molecule has 1 aliphatic heterocycles. The zero-order valence-corrected chi connectivity index (χ0v) is 16.9. The van der Waals surface area contributed by atoms with Crippen molar-refractivity contribution in [3.63, 3.8) is 0 Å². The molecule has 0 bridgehead atoms. The highest BCUT2D eigenvalue weighted by Gasteiger charge is 2.41. The van der Waals surface area contributed by atoms with Gasteiger partial charge in [-0.3, -0.25) is 29.5 Å². The fourth-order valence-corrected chi connectivity index (χ4v) is 3.61. The molecule has 3 aromatic rings. The third-order valence-corrected chi connectivity index (χ3v) is 5.04. The standard InChI is InChI=1S/C23H15N3O4S/c27-21-20(15-16-8-7-13-19(14-16)26(29)30)22(28)25(18-11-5-2-6-12-18)23(31)24(21)17-9-3-1-4-10-17/h1-15H. The van der Waals surface area contributed by atoms with Crippen LogP contribution in [0.4, 0.5) is 17.1 Å². The average molecular weight is 429 g/mol. The molecule has 1 saturated heterocycles. The van der Waals surface area contributed by atoms with E-state index < -0.39 is 16.7 Å². The Morgan fingerprint density at radius 3 is 1.77 bits per heavy atom. The van der Waals surface area contributed by atoms with Gasteiger partial charge < -0.3 is 0 Å². The van der Waals surface area contributed by atoms with Gasteiger partial charge in [0.05, 0.1) is 16.3 Å². The highest BCUT2D eigenvalue weighted by atomic mass is 32.1. The molecule has 1 heterocycles. The lowest BCUT2D eigenvalue weighted by Crippen LogP contribution is -2.56. The molecular formula is C23H15N3O4S. The number of thiocarbonyl (C=S) groups is 1. The quantitative estimate of drug-likeness (QED) is 0.203. The Hall–Kier alpha value is -4.17. The normalized spacial score (nSPS) is 14.1. The number of benzene rings is 3. The number of nitrogens with zero attached hydrogens (tertiary/aromatic N) is 3. The van der Waals surface area contributed by atoms with Crippen molar-refractivity contribution >= 4 is 52.3 Å². The first-order valence-corrected chi connectivity index (χ1v) is 9.67. The van der Waals surface area contributed by atoms with Gasteiger partial charge in [-0.1, -0.05) is 48.5 Å². The summed E-state index contributed by atoms with van der Waals surface area (Å²) < 4.78 is 0. The van der Waals surface area contributed by atoms with E-state index in [0.717, 1.165) is 0 Å². The van der Waals surface area contributed by atoms with E-state index in [4.69, 9.17) is 12.2 Å². The van der Waals surface area contributed by atoms with Gasteiger partial charge in [0.1, 0.15) is 5.57 Å². The summed E-state index contributed by atoms with van der Waals surface area (Å²) in [6, 6.07) is 23.3. The highest BCUT2D eigenvalue weighted by molar-refractivity contribution is 7.81. The lowest BCUT2D eigenvalue weighted by molar-refractivity contribution is -0.384. The molecule has 1 aliphatic rings. The molecule has 0 saturated carbocycles. The predicted octanol–water partition coefficient (Wildman–Crippen LogP) is 4.34. The molecule has 2 amide bonds. The van der Waals surface area contributed by atoms with Gasteiger partial charge in [0, 0.05) is 12.1 Å². The topological polar surface area (TPSA) is 83.8 Å². The first-order valence-electron chi connectivity index (χ1n) is 9.26. The first kappa shape index (κ1) is 20.1. The minimum absolute atomic E-state index is 0.0311. The number of hydrogen-bond donors (Lipinski definition) is 0. The Bertz CT molecular complexity index is 1160. The van der Waals surface area contributed by atoms with Gasteiger partial charge in [-0.05, 0) is 48.1 Å². The van der Waals surface area contributed by atoms with Crippen molar-refractivity contribution in [1.29, 1.82) is 0 Å². The van der Waals surface area contributed by atoms with E-state index >= 15 is 0 Å². The Labute approximate surface area is 183 Å². The van der Waals surface area contributed by atoms with Gasteiger partial charge in [-0.2, -0.15) is 0 Å². The molecule has 0 atom stereocenters. The lowest BCUT2D eigenvalue weighted by Gasteiger charge is -2.36. The van der Waals surface area contributed by atoms with Crippen molar-refractivity contribution in [2.24, 2.45) is 0 Å². The van der Waals surface area contributed by atoms with Crippen LogP contribution in [0.5, 0.6) is 0 Å². The fourth-order valence-electron chi connectivity index (χ4n) is 3.23. The second-order valence-electron chi connectivity index (χ2n) is 6.64. The number of nitro benzene ring substituents is 1. The maximum atomic E-state index is 13.3. The summed E-state index contributed by atoms with van der Waals surface area (Å²) in [5, 5.41) is 11.1. The smallest absolute Gasteiger partial charge is 0.268 e. The number of nitro groups is 1. The SMILES string of the molecule is O=C1C(=Cc2cccc([N+](=O)[O-])c2)C(=O)N(c2ccccc2)C(=S)N1c1ccccc1. The second-order valence-corrected chi connectivity index (χ2v) is 7.01. The molecule has 3 aromatic carbocycles. The summed E-state index contributed by atoms with van der Waals surface area (Å²) in [5.74, 6) is -1.19. The third-order valence-electron chi connectivity index (χ3n) is 4.67. The summed E-state index contributed by atoms with van der Waals surface area (Å²) in [7, 11) is 0. The van der Waals surface area contributed by atoms with E-state index in [-0.39, 0.29) is 16.4 Å². The summed E-state index contributed by atoms with van der Waals surface area (Å²) in [6.07, 6.45) is 1.35. The molecule has 152 valence electrons. The van der Waals surface area contributed by atoms with Crippen molar-refractivity contribution < 1.29 is 14.5 Å². The zero-order valence-electron chi connectivity index (χ0n) is 16.0. The predicted molar refractivity (Wildman–Crippen MR) is 122 cm³/mol. The van der Waals surface area contributed by atoms with Crippen LogP contribution in [0.25, 0.3) is 6.08 Å². The van der Waals surface area contributed by atoms with E-state index in [9.17, 15) is 19.7 Å². The molecule has 0 unspecified atom stereocenters. The van der Waals surface area contributed by atoms with E-state index in [1.54, 1.807) is 66.7 Å². The number of non-ortho nitro benzene ring substituents is 1.